The van der Waals surface area contributed by atoms with Gasteiger partial charge in [0.25, 0.3) is 5.91 Å². The van der Waals surface area contributed by atoms with Crippen LogP contribution < -0.4 is 15.5 Å². The van der Waals surface area contributed by atoms with Crippen LogP contribution in [0.5, 0.6) is 0 Å². The lowest BCUT2D eigenvalue weighted by atomic mass is 10.2. The molecule has 1 aromatic heterocycles. The van der Waals surface area contributed by atoms with Crippen LogP contribution in [0.3, 0.4) is 0 Å². The molecule has 0 aliphatic rings. The van der Waals surface area contributed by atoms with Gasteiger partial charge in [0, 0.05) is 42.9 Å². The molecule has 0 fully saturated rings. The summed E-state index contributed by atoms with van der Waals surface area (Å²) < 4.78 is 0. The molecule has 1 amide bonds. The number of hydrogen-bond donors (Lipinski definition) is 2. The van der Waals surface area contributed by atoms with Crippen LogP contribution in [0, 0.1) is 0 Å². The first-order valence-corrected chi connectivity index (χ1v) is 9.54. The molecule has 2 N–H and O–H groups in total. The molecule has 5 nitrogen and oxygen atoms in total. The highest BCUT2D eigenvalue weighted by atomic mass is 16.1. The lowest BCUT2D eigenvalue weighted by Gasteiger charge is -2.21. The molecule has 0 atom stereocenters. The molecule has 1 heterocycles. The highest BCUT2D eigenvalue weighted by Gasteiger charge is 2.09. The first-order valence-electron chi connectivity index (χ1n) is 9.54. The summed E-state index contributed by atoms with van der Waals surface area (Å²) in [6, 6.07) is 11.6. The van der Waals surface area contributed by atoms with E-state index in [0.717, 1.165) is 43.1 Å². The first-order chi connectivity index (χ1) is 12.7. The molecule has 0 aliphatic heterocycles. The summed E-state index contributed by atoms with van der Waals surface area (Å²) in [5, 5.41) is 6.26. The number of aromatic nitrogens is 1. The number of benzene rings is 1. The summed E-state index contributed by atoms with van der Waals surface area (Å²) in [6.07, 6.45) is 5.19. The van der Waals surface area contributed by atoms with E-state index in [2.05, 4.69) is 41.3 Å². The maximum atomic E-state index is 12.5. The molecule has 140 valence electrons. The number of carbonyl (C=O) groups is 1. The van der Waals surface area contributed by atoms with Gasteiger partial charge in [-0.15, -0.1) is 0 Å². The molecule has 1 aromatic carbocycles. The highest BCUT2D eigenvalue weighted by molar-refractivity contribution is 6.03. The van der Waals surface area contributed by atoms with Crippen molar-refractivity contribution >= 4 is 23.0 Å². The van der Waals surface area contributed by atoms with Crippen molar-refractivity contribution in [2.75, 3.05) is 35.2 Å². The topological polar surface area (TPSA) is 57.3 Å². The minimum absolute atomic E-state index is 0.196. The number of amides is 1. The largest absolute Gasteiger partial charge is 0.385 e. The Bertz CT molecular complexity index is 681. The molecule has 5 heteroatoms. The van der Waals surface area contributed by atoms with Crippen molar-refractivity contribution in [1.29, 1.82) is 0 Å². The summed E-state index contributed by atoms with van der Waals surface area (Å²) in [5.74, 6) is -0.196. The lowest BCUT2D eigenvalue weighted by Crippen LogP contribution is -2.21. The number of pyridine rings is 1. The third kappa shape index (κ3) is 5.76. The maximum absolute atomic E-state index is 12.5. The maximum Gasteiger partial charge on any atom is 0.274 e. The lowest BCUT2D eigenvalue weighted by molar-refractivity contribution is 0.102. The van der Waals surface area contributed by atoms with Crippen molar-refractivity contribution < 1.29 is 4.79 Å². The Kier molecular flexibility index (Phi) is 7.93. The van der Waals surface area contributed by atoms with E-state index >= 15 is 0 Å². The predicted molar refractivity (Wildman–Crippen MR) is 110 cm³/mol. The zero-order chi connectivity index (χ0) is 18.8. The van der Waals surface area contributed by atoms with Crippen LogP contribution in [-0.2, 0) is 0 Å². The van der Waals surface area contributed by atoms with Crippen molar-refractivity contribution in [2.45, 2.75) is 40.0 Å². The number of nitrogens with one attached hydrogen (secondary N) is 2. The molecule has 0 saturated carbocycles. The Morgan fingerprint density at radius 1 is 1.00 bits per heavy atom. The van der Waals surface area contributed by atoms with Gasteiger partial charge in [-0.2, -0.15) is 0 Å². The number of unbranched alkanes of at least 4 members (excludes halogenated alkanes) is 2. The average molecular weight is 354 g/mol. The SMILES string of the molecule is CCCCCNc1ccnc(C(=O)Nc2ccc(N(CC)CC)cc2)c1. The summed E-state index contributed by atoms with van der Waals surface area (Å²) in [7, 11) is 0. The van der Waals surface area contributed by atoms with Gasteiger partial charge in [0.05, 0.1) is 0 Å². The monoisotopic (exact) mass is 354 g/mol. The molecule has 26 heavy (non-hydrogen) atoms. The van der Waals surface area contributed by atoms with Crippen molar-refractivity contribution in [3.8, 4) is 0 Å². The third-order valence-electron chi connectivity index (χ3n) is 4.36. The number of hydrogen-bond acceptors (Lipinski definition) is 4. The molecule has 0 radical (unpaired) electrons. The zero-order valence-electron chi connectivity index (χ0n) is 16.1. The van der Waals surface area contributed by atoms with E-state index in [1.807, 2.05) is 30.3 Å². The van der Waals surface area contributed by atoms with Gasteiger partial charge in [0.1, 0.15) is 5.69 Å². The van der Waals surface area contributed by atoms with Gasteiger partial charge in [0.2, 0.25) is 0 Å². The Hall–Kier alpha value is -2.56. The quantitative estimate of drug-likeness (QED) is 0.603. The second kappa shape index (κ2) is 10.4. The van der Waals surface area contributed by atoms with Gasteiger partial charge in [-0.05, 0) is 56.7 Å². The molecule has 0 aliphatic carbocycles. The van der Waals surface area contributed by atoms with Gasteiger partial charge in [0.15, 0.2) is 0 Å². The number of anilines is 3. The van der Waals surface area contributed by atoms with Crippen LogP contribution in [0.15, 0.2) is 42.6 Å². The number of rotatable bonds is 10. The number of carbonyl (C=O) groups excluding carboxylic acids is 1. The molecule has 0 spiro atoms. The van der Waals surface area contributed by atoms with E-state index in [1.165, 1.54) is 12.8 Å². The zero-order valence-corrected chi connectivity index (χ0v) is 16.1. The normalized spacial score (nSPS) is 10.4. The second-order valence-electron chi connectivity index (χ2n) is 6.24. The Morgan fingerprint density at radius 2 is 1.73 bits per heavy atom. The van der Waals surface area contributed by atoms with Crippen LogP contribution in [0.25, 0.3) is 0 Å². The van der Waals surface area contributed by atoms with Gasteiger partial charge in [-0.25, -0.2) is 0 Å². The van der Waals surface area contributed by atoms with Gasteiger partial charge in [-0.1, -0.05) is 19.8 Å². The van der Waals surface area contributed by atoms with Crippen LogP contribution in [0.2, 0.25) is 0 Å². The fraction of sp³-hybridized carbons (Fsp3) is 0.429. The summed E-state index contributed by atoms with van der Waals surface area (Å²) >= 11 is 0. The minimum atomic E-state index is -0.196. The van der Waals surface area contributed by atoms with Gasteiger partial charge < -0.3 is 15.5 Å². The first kappa shape index (κ1) is 19.8. The molecule has 2 aromatic rings. The fourth-order valence-corrected chi connectivity index (χ4v) is 2.81. The Morgan fingerprint density at radius 3 is 2.38 bits per heavy atom. The predicted octanol–water partition coefficient (Wildman–Crippen LogP) is 4.78. The molecule has 0 saturated heterocycles. The Balaban J connectivity index is 1.96. The fourth-order valence-electron chi connectivity index (χ4n) is 2.81. The van der Waals surface area contributed by atoms with E-state index in [1.54, 1.807) is 12.3 Å². The molecule has 2 rings (SSSR count). The van der Waals surface area contributed by atoms with E-state index in [-0.39, 0.29) is 5.91 Å². The summed E-state index contributed by atoms with van der Waals surface area (Å²) in [4.78, 5) is 18.9. The van der Waals surface area contributed by atoms with Crippen molar-refractivity contribution in [3.05, 3.63) is 48.3 Å². The summed E-state index contributed by atoms with van der Waals surface area (Å²) in [6.45, 7) is 9.28. The Labute approximate surface area is 156 Å². The third-order valence-corrected chi connectivity index (χ3v) is 4.36. The highest BCUT2D eigenvalue weighted by Crippen LogP contribution is 2.18. The van der Waals surface area contributed by atoms with Crippen LogP contribution in [-0.4, -0.2) is 30.5 Å². The standard InChI is InChI=1S/C21H30N4O/c1-4-7-8-14-22-18-13-15-23-20(16-18)21(26)24-17-9-11-19(12-10-17)25(5-2)6-3/h9-13,15-16H,4-8,14H2,1-3H3,(H,22,23)(H,24,26). The van der Waals surface area contributed by atoms with Crippen molar-refractivity contribution in [2.24, 2.45) is 0 Å². The van der Waals surface area contributed by atoms with E-state index in [9.17, 15) is 4.79 Å². The molecular formula is C21H30N4O. The van der Waals surface area contributed by atoms with E-state index in [4.69, 9.17) is 0 Å². The van der Waals surface area contributed by atoms with Crippen LogP contribution >= 0.6 is 0 Å². The van der Waals surface area contributed by atoms with Crippen LogP contribution in [0.1, 0.15) is 50.5 Å². The van der Waals surface area contributed by atoms with Crippen molar-refractivity contribution in [3.63, 3.8) is 0 Å². The summed E-state index contributed by atoms with van der Waals surface area (Å²) in [5.41, 5.74) is 3.27. The van der Waals surface area contributed by atoms with Crippen molar-refractivity contribution in [1.82, 2.24) is 4.98 Å². The average Bonchev–Trinajstić information content (AvgIpc) is 2.68. The smallest absolute Gasteiger partial charge is 0.274 e. The molecule has 0 bridgehead atoms. The second-order valence-corrected chi connectivity index (χ2v) is 6.24. The van der Waals surface area contributed by atoms with E-state index < -0.39 is 0 Å². The minimum Gasteiger partial charge on any atom is -0.385 e. The van der Waals surface area contributed by atoms with E-state index in [0.29, 0.717) is 5.69 Å². The van der Waals surface area contributed by atoms with Gasteiger partial charge >= 0.3 is 0 Å². The molecular weight excluding hydrogens is 324 g/mol. The number of nitrogens with zero attached hydrogens (tertiary/aromatic N) is 2. The molecule has 0 unspecified atom stereocenters. The van der Waals surface area contributed by atoms with Gasteiger partial charge in [-0.3, -0.25) is 9.78 Å². The van der Waals surface area contributed by atoms with Crippen LogP contribution in [0.4, 0.5) is 17.1 Å².